The molecule has 1 fully saturated rings. The van der Waals surface area contributed by atoms with Crippen molar-refractivity contribution in [1.82, 2.24) is 30.1 Å². The van der Waals surface area contributed by atoms with E-state index in [1.807, 2.05) is 30.5 Å². The van der Waals surface area contributed by atoms with Crippen molar-refractivity contribution in [1.29, 1.82) is 0 Å². The van der Waals surface area contributed by atoms with Crippen LogP contribution in [0.2, 0.25) is 0 Å². The first kappa shape index (κ1) is 20.0. The van der Waals surface area contributed by atoms with Gasteiger partial charge in [0.15, 0.2) is 0 Å². The number of hydrogen-bond acceptors (Lipinski definition) is 6. The number of hydrogen-bond donors (Lipinski definition) is 3. The first-order chi connectivity index (χ1) is 17.2. The number of carbonyl (C=O) groups is 1. The van der Waals surface area contributed by atoms with E-state index in [2.05, 4.69) is 53.4 Å². The number of amides is 1. The van der Waals surface area contributed by atoms with Crippen LogP contribution in [0.5, 0.6) is 0 Å². The topological polar surface area (TPSA) is 112 Å². The van der Waals surface area contributed by atoms with Crippen molar-refractivity contribution < 1.29 is 4.79 Å². The molecule has 0 aliphatic heterocycles. The Morgan fingerprint density at radius 3 is 2.83 bits per heavy atom. The first-order valence-electron chi connectivity index (χ1n) is 11.3. The van der Waals surface area contributed by atoms with E-state index in [0.29, 0.717) is 5.69 Å². The molecule has 0 unspecified atom stereocenters. The summed E-state index contributed by atoms with van der Waals surface area (Å²) >= 11 is 1.65. The third-order valence-corrected chi connectivity index (χ3v) is 6.94. The smallest absolute Gasteiger partial charge is 0.227 e. The summed E-state index contributed by atoms with van der Waals surface area (Å²) in [6, 6.07) is 11.9. The van der Waals surface area contributed by atoms with Gasteiger partial charge in [0, 0.05) is 45.7 Å². The Bertz CT molecular complexity index is 1710. The lowest BCUT2D eigenvalue weighted by molar-refractivity contribution is -0.117. The van der Waals surface area contributed by atoms with E-state index in [1.54, 1.807) is 23.7 Å². The molecular weight excluding hydrogens is 458 g/mol. The quantitative estimate of drug-likeness (QED) is 0.297. The summed E-state index contributed by atoms with van der Waals surface area (Å²) < 4.78 is 0. The number of fused-ring (bicyclic) bond motifs is 2. The van der Waals surface area contributed by atoms with Gasteiger partial charge in [-0.05, 0) is 54.6 Å². The number of anilines is 1. The fourth-order valence-electron chi connectivity index (χ4n) is 4.30. The van der Waals surface area contributed by atoms with E-state index >= 15 is 0 Å². The largest absolute Gasteiger partial charge is 0.353 e. The predicted octanol–water partition coefficient (Wildman–Crippen LogP) is 5.64. The highest BCUT2D eigenvalue weighted by atomic mass is 32.1. The molecule has 8 nitrogen and oxygen atoms in total. The van der Waals surface area contributed by atoms with Crippen LogP contribution in [0.3, 0.4) is 0 Å². The lowest BCUT2D eigenvalue weighted by atomic mass is 10.1. The number of H-pyrrole nitrogens is 2. The van der Waals surface area contributed by atoms with Crippen LogP contribution >= 0.6 is 11.3 Å². The highest BCUT2D eigenvalue weighted by molar-refractivity contribution is 7.08. The molecule has 170 valence electrons. The second-order valence-electron chi connectivity index (χ2n) is 8.71. The fraction of sp³-hybridized carbons (Fsp3) is 0.115. The van der Waals surface area contributed by atoms with Crippen molar-refractivity contribution in [3.8, 4) is 33.9 Å². The van der Waals surface area contributed by atoms with Crippen molar-refractivity contribution in [2.45, 2.75) is 12.8 Å². The van der Waals surface area contributed by atoms with E-state index < -0.39 is 0 Å². The molecule has 0 aromatic carbocycles. The first-order valence-corrected chi connectivity index (χ1v) is 12.3. The number of rotatable bonds is 5. The van der Waals surface area contributed by atoms with Crippen LogP contribution in [0.25, 0.3) is 55.8 Å². The molecule has 3 N–H and O–H groups in total. The molecule has 6 aromatic rings. The summed E-state index contributed by atoms with van der Waals surface area (Å²) in [7, 11) is 0. The number of aromatic amines is 2. The molecule has 1 aliphatic carbocycles. The number of nitrogens with zero attached hydrogens (tertiary/aromatic N) is 4. The Hall–Kier alpha value is -4.37. The number of thiophene rings is 1. The van der Waals surface area contributed by atoms with Crippen LogP contribution in [0.4, 0.5) is 5.69 Å². The van der Waals surface area contributed by atoms with Gasteiger partial charge in [-0.25, -0.2) is 4.98 Å². The van der Waals surface area contributed by atoms with Crippen LogP contribution < -0.4 is 5.32 Å². The van der Waals surface area contributed by atoms with Gasteiger partial charge in [-0.2, -0.15) is 16.4 Å². The van der Waals surface area contributed by atoms with Gasteiger partial charge in [0.05, 0.1) is 34.5 Å². The minimum Gasteiger partial charge on any atom is -0.353 e. The predicted molar refractivity (Wildman–Crippen MR) is 137 cm³/mol. The van der Waals surface area contributed by atoms with Gasteiger partial charge in [-0.15, -0.1) is 0 Å². The van der Waals surface area contributed by atoms with E-state index in [1.165, 1.54) is 0 Å². The van der Waals surface area contributed by atoms with Gasteiger partial charge in [0.25, 0.3) is 0 Å². The zero-order valence-electron chi connectivity index (χ0n) is 18.4. The van der Waals surface area contributed by atoms with Crippen LogP contribution in [0, 0.1) is 5.92 Å². The second-order valence-corrected chi connectivity index (χ2v) is 9.49. The molecule has 1 aliphatic rings. The van der Waals surface area contributed by atoms with E-state index in [-0.39, 0.29) is 11.8 Å². The molecule has 0 saturated heterocycles. The normalized spacial score (nSPS) is 13.5. The van der Waals surface area contributed by atoms with E-state index in [4.69, 9.17) is 4.98 Å². The van der Waals surface area contributed by atoms with Gasteiger partial charge in [0.2, 0.25) is 5.91 Å². The van der Waals surface area contributed by atoms with E-state index in [0.717, 1.165) is 68.7 Å². The third kappa shape index (κ3) is 3.57. The Labute approximate surface area is 203 Å². The lowest BCUT2D eigenvalue weighted by Crippen LogP contribution is -2.13. The molecule has 1 saturated carbocycles. The van der Waals surface area contributed by atoms with Crippen molar-refractivity contribution in [3.05, 3.63) is 65.7 Å². The number of nitrogens with one attached hydrogen (secondary N) is 3. The number of aromatic nitrogens is 6. The minimum atomic E-state index is 0.0552. The van der Waals surface area contributed by atoms with E-state index in [9.17, 15) is 4.79 Å². The molecule has 7 rings (SSSR count). The Morgan fingerprint density at radius 2 is 1.97 bits per heavy atom. The Balaban J connectivity index is 1.29. The van der Waals surface area contributed by atoms with Crippen molar-refractivity contribution in [3.63, 3.8) is 0 Å². The second kappa shape index (κ2) is 7.85. The fourth-order valence-corrected chi connectivity index (χ4v) is 4.94. The summed E-state index contributed by atoms with van der Waals surface area (Å²) in [5.41, 5.74) is 8.49. The molecule has 1 amide bonds. The molecule has 0 bridgehead atoms. The summed E-state index contributed by atoms with van der Waals surface area (Å²) in [4.78, 5) is 29.5. The maximum Gasteiger partial charge on any atom is 0.227 e. The zero-order chi connectivity index (χ0) is 23.4. The molecule has 0 atom stereocenters. The molecule has 6 heterocycles. The van der Waals surface area contributed by atoms with Crippen molar-refractivity contribution in [2.24, 2.45) is 5.92 Å². The summed E-state index contributed by atoms with van der Waals surface area (Å²) in [5, 5.41) is 15.8. The maximum atomic E-state index is 12.2. The molecule has 0 spiro atoms. The SMILES string of the molecule is O=C(Nc1cncc(-c2ccc3[nH]nc(-c4cc5c(-c6ccsc6)nccc5[nH]4)c3n2)c1)C1CC1. The number of carbonyl (C=O) groups excluding carboxylic acids is 1. The average Bonchev–Trinajstić information content (AvgIpc) is 3.26. The maximum absolute atomic E-state index is 12.2. The van der Waals surface area contributed by atoms with Crippen LogP contribution in [0.15, 0.2) is 65.7 Å². The van der Waals surface area contributed by atoms with Gasteiger partial charge in [-0.3, -0.25) is 19.9 Å². The molecule has 6 aromatic heterocycles. The van der Waals surface area contributed by atoms with Gasteiger partial charge < -0.3 is 10.3 Å². The van der Waals surface area contributed by atoms with Crippen LogP contribution in [-0.4, -0.2) is 36.0 Å². The van der Waals surface area contributed by atoms with Gasteiger partial charge in [-0.1, -0.05) is 0 Å². The van der Waals surface area contributed by atoms with Gasteiger partial charge >= 0.3 is 0 Å². The summed E-state index contributed by atoms with van der Waals surface area (Å²) in [5.74, 6) is 0.188. The van der Waals surface area contributed by atoms with Crippen LogP contribution in [0.1, 0.15) is 12.8 Å². The third-order valence-electron chi connectivity index (χ3n) is 6.26. The molecule has 35 heavy (non-hydrogen) atoms. The lowest BCUT2D eigenvalue weighted by Gasteiger charge is -2.06. The number of pyridine rings is 3. The minimum absolute atomic E-state index is 0.0552. The van der Waals surface area contributed by atoms with Gasteiger partial charge in [0.1, 0.15) is 11.2 Å². The highest BCUT2D eigenvalue weighted by Crippen LogP contribution is 2.34. The zero-order valence-corrected chi connectivity index (χ0v) is 19.3. The van der Waals surface area contributed by atoms with Crippen molar-refractivity contribution >= 4 is 44.9 Å². The highest BCUT2D eigenvalue weighted by Gasteiger charge is 2.29. The standard InChI is InChI=1S/C26H19N7OS/c34-26(14-1-2-14)29-17-9-16(11-27-12-17)19-3-4-21-24(31-19)25(33-32-21)22-10-18-20(30-22)5-7-28-23(18)15-6-8-35-13-15/h3-14,30H,1-2H2,(H,29,34)(H,32,33). The Morgan fingerprint density at radius 1 is 1.03 bits per heavy atom. The Kier molecular flexibility index (Phi) is 4.49. The average molecular weight is 478 g/mol. The summed E-state index contributed by atoms with van der Waals surface area (Å²) in [6.45, 7) is 0. The monoisotopic (exact) mass is 477 g/mol. The van der Waals surface area contributed by atoms with Crippen LogP contribution in [-0.2, 0) is 4.79 Å². The molecule has 0 radical (unpaired) electrons. The molecule has 9 heteroatoms. The molecular formula is C26H19N7OS. The summed E-state index contributed by atoms with van der Waals surface area (Å²) in [6.07, 6.45) is 7.15. The van der Waals surface area contributed by atoms with Crippen molar-refractivity contribution in [2.75, 3.05) is 5.32 Å².